The Labute approximate surface area is 119 Å². The molecular formula is C15H22N4O. The van der Waals surface area contributed by atoms with Gasteiger partial charge in [-0.1, -0.05) is 32.3 Å². The van der Waals surface area contributed by atoms with E-state index >= 15 is 0 Å². The first-order chi connectivity index (χ1) is 9.69. The van der Waals surface area contributed by atoms with Gasteiger partial charge in [0.1, 0.15) is 0 Å². The fourth-order valence-electron chi connectivity index (χ4n) is 2.23. The minimum atomic E-state index is 0.392. The minimum absolute atomic E-state index is 0.392. The van der Waals surface area contributed by atoms with E-state index in [1.54, 1.807) is 12.4 Å². The lowest BCUT2D eigenvalue weighted by Crippen LogP contribution is -2.36. The van der Waals surface area contributed by atoms with Crippen molar-refractivity contribution in [3.63, 3.8) is 0 Å². The molecule has 0 amide bonds. The maximum atomic E-state index is 5.32. The lowest BCUT2D eigenvalue weighted by molar-refractivity contribution is 0.397. The van der Waals surface area contributed by atoms with Crippen LogP contribution in [0.5, 0.6) is 0 Å². The molecule has 0 saturated heterocycles. The van der Waals surface area contributed by atoms with E-state index in [1.165, 1.54) is 0 Å². The van der Waals surface area contributed by atoms with Gasteiger partial charge < -0.3 is 9.84 Å². The molecule has 5 nitrogen and oxygen atoms in total. The van der Waals surface area contributed by atoms with Gasteiger partial charge >= 0.3 is 0 Å². The van der Waals surface area contributed by atoms with Crippen LogP contribution in [0.1, 0.15) is 39.4 Å². The summed E-state index contributed by atoms with van der Waals surface area (Å²) in [5, 5.41) is 7.62. The van der Waals surface area contributed by atoms with Crippen LogP contribution in [0.2, 0.25) is 0 Å². The summed E-state index contributed by atoms with van der Waals surface area (Å²) in [7, 11) is 0. The molecule has 0 aromatic carbocycles. The molecule has 2 rings (SSSR count). The van der Waals surface area contributed by atoms with Gasteiger partial charge in [0.15, 0.2) is 5.82 Å². The first-order valence-corrected chi connectivity index (χ1v) is 7.18. The number of aromatic nitrogens is 3. The summed E-state index contributed by atoms with van der Waals surface area (Å²) in [6.45, 7) is 6.50. The predicted octanol–water partition coefficient (Wildman–Crippen LogP) is 2.84. The third-order valence-electron chi connectivity index (χ3n) is 3.03. The van der Waals surface area contributed by atoms with Crippen molar-refractivity contribution in [1.29, 1.82) is 0 Å². The van der Waals surface area contributed by atoms with Gasteiger partial charge in [-0.3, -0.25) is 4.98 Å². The molecule has 0 aliphatic heterocycles. The molecule has 0 radical (unpaired) electrons. The quantitative estimate of drug-likeness (QED) is 0.841. The van der Waals surface area contributed by atoms with Crippen molar-refractivity contribution >= 4 is 0 Å². The zero-order valence-corrected chi connectivity index (χ0v) is 12.3. The number of rotatable bonds is 7. The average Bonchev–Trinajstić information content (AvgIpc) is 2.88. The van der Waals surface area contributed by atoms with Crippen molar-refractivity contribution in [3.05, 3.63) is 30.4 Å². The highest BCUT2D eigenvalue weighted by molar-refractivity contribution is 5.50. The number of pyridine rings is 1. The van der Waals surface area contributed by atoms with Crippen LogP contribution in [0, 0.1) is 0 Å². The van der Waals surface area contributed by atoms with Crippen molar-refractivity contribution in [3.8, 4) is 11.5 Å². The molecule has 1 atom stereocenters. The van der Waals surface area contributed by atoms with Gasteiger partial charge in [0.05, 0.1) is 0 Å². The molecule has 0 spiro atoms. The highest BCUT2D eigenvalue weighted by Gasteiger charge is 2.15. The van der Waals surface area contributed by atoms with E-state index in [-0.39, 0.29) is 0 Å². The summed E-state index contributed by atoms with van der Waals surface area (Å²) >= 11 is 0. The lowest BCUT2D eigenvalue weighted by Gasteiger charge is -2.19. The van der Waals surface area contributed by atoms with Gasteiger partial charge in [-0.15, -0.1) is 0 Å². The van der Waals surface area contributed by atoms with Gasteiger partial charge in [0.2, 0.25) is 0 Å². The normalized spacial score (nSPS) is 12.8. The number of nitrogens with one attached hydrogen (secondary N) is 1. The molecule has 20 heavy (non-hydrogen) atoms. The molecule has 2 aromatic heterocycles. The van der Waals surface area contributed by atoms with E-state index in [2.05, 4.69) is 41.2 Å². The molecule has 0 aliphatic carbocycles. The van der Waals surface area contributed by atoms with Crippen LogP contribution >= 0.6 is 0 Å². The van der Waals surface area contributed by atoms with E-state index < -0.39 is 0 Å². The zero-order valence-electron chi connectivity index (χ0n) is 12.3. The Morgan fingerprint density at radius 1 is 1.25 bits per heavy atom. The maximum absolute atomic E-state index is 5.32. The number of nitrogens with zero attached hydrogens (tertiary/aromatic N) is 3. The summed E-state index contributed by atoms with van der Waals surface area (Å²) in [5.41, 5.74) is 0.905. The van der Waals surface area contributed by atoms with Crippen molar-refractivity contribution in [1.82, 2.24) is 20.4 Å². The Morgan fingerprint density at radius 2 is 2.00 bits per heavy atom. The van der Waals surface area contributed by atoms with Crippen LogP contribution in [-0.4, -0.2) is 27.2 Å². The number of hydrogen-bond acceptors (Lipinski definition) is 5. The molecule has 108 valence electrons. The van der Waals surface area contributed by atoms with Crippen molar-refractivity contribution in [2.75, 3.05) is 0 Å². The third-order valence-corrected chi connectivity index (χ3v) is 3.03. The summed E-state index contributed by atoms with van der Waals surface area (Å²) in [5.74, 6) is 1.31. The van der Waals surface area contributed by atoms with E-state index in [4.69, 9.17) is 4.52 Å². The van der Waals surface area contributed by atoms with E-state index in [0.717, 1.165) is 30.7 Å². The number of hydrogen-bond donors (Lipinski definition) is 1. The predicted molar refractivity (Wildman–Crippen MR) is 78.2 cm³/mol. The van der Waals surface area contributed by atoms with Crippen molar-refractivity contribution in [2.24, 2.45) is 0 Å². The molecule has 5 heteroatoms. The molecule has 0 bridgehead atoms. The second-order valence-electron chi connectivity index (χ2n) is 5.26. The van der Waals surface area contributed by atoms with Crippen LogP contribution in [0.4, 0.5) is 0 Å². The molecule has 0 aliphatic rings. The second kappa shape index (κ2) is 7.14. The largest absolute Gasteiger partial charge is 0.334 e. The Balaban J connectivity index is 2.04. The molecule has 2 aromatic rings. The summed E-state index contributed by atoms with van der Waals surface area (Å²) in [6.07, 6.45) is 6.48. The average molecular weight is 274 g/mol. The monoisotopic (exact) mass is 274 g/mol. The zero-order chi connectivity index (χ0) is 14.4. The van der Waals surface area contributed by atoms with Gasteiger partial charge in [-0.25, -0.2) is 0 Å². The third kappa shape index (κ3) is 4.13. The maximum Gasteiger partial charge on any atom is 0.258 e. The Kier molecular flexibility index (Phi) is 5.24. The fourth-order valence-corrected chi connectivity index (χ4v) is 2.23. The van der Waals surface area contributed by atoms with Gasteiger partial charge in [0.25, 0.3) is 5.89 Å². The molecule has 2 heterocycles. The van der Waals surface area contributed by atoms with E-state index in [1.807, 2.05) is 12.1 Å². The lowest BCUT2D eigenvalue weighted by atomic mass is 10.1. The smallest absolute Gasteiger partial charge is 0.258 e. The standard InChI is InChI=1S/C15H22N4O/c1-4-5-13(17-11(2)3)10-14-18-15(20-19-14)12-6-8-16-9-7-12/h6-9,11,13,17H,4-5,10H2,1-3H3. The molecule has 1 unspecified atom stereocenters. The minimum Gasteiger partial charge on any atom is -0.334 e. The molecule has 1 N–H and O–H groups in total. The summed E-state index contributed by atoms with van der Waals surface area (Å²) in [4.78, 5) is 8.45. The van der Waals surface area contributed by atoms with Gasteiger partial charge in [-0.05, 0) is 18.6 Å². The van der Waals surface area contributed by atoms with Crippen LogP contribution in [0.3, 0.4) is 0 Å². The molecule has 0 saturated carbocycles. The van der Waals surface area contributed by atoms with Gasteiger partial charge in [0, 0.05) is 36.5 Å². The van der Waals surface area contributed by atoms with Gasteiger partial charge in [-0.2, -0.15) is 4.98 Å². The van der Waals surface area contributed by atoms with Crippen molar-refractivity contribution in [2.45, 2.75) is 52.1 Å². The van der Waals surface area contributed by atoms with Crippen LogP contribution in [0.15, 0.2) is 29.0 Å². The fraction of sp³-hybridized carbons (Fsp3) is 0.533. The van der Waals surface area contributed by atoms with E-state index in [0.29, 0.717) is 18.0 Å². The first-order valence-electron chi connectivity index (χ1n) is 7.18. The second-order valence-corrected chi connectivity index (χ2v) is 5.26. The van der Waals surface area contributed by atoms with Crippen molar-refractivity contribution < 1.29 is 4.52 Å². The Morgan fingerprint density at radius 3 is 2.65 bits per heavy atom. The topological polar surface area (TPSA) is 63.8 Å². The Hall–Kier alpha value is -1.75. The van der Waals surface area contributed by atoms with Crippen LogP contribution in [-0.2, 0) is 6.42 Å². The first kappa shape index (κ1) is 14.7. The Bertz CT molecular complexity index is 510. The molecular weight excluding hydrogens is 252 g/mol. The molecule has 0 fully saturated rings. The highest BCUT2D eigenvalue weighted by Crippen LogP contribution is 2.16. The van der Waals surface area contributed by atoms with Crippen LogP contribution < -0.4 is 5.32 Å². The highest BCUT2D eigenvalue weighted by atomic mass is 16.5. The summed E-state index contributed by atoms with van der Waals surface area (Å²) in [6, 6.07) is 4.58. The van der Waals surface area contributed by atoms with E-state index in [9.17, 15) is 0 Å². The van der Waals surface area contributed by atoms with Crippen LogP contribution in [0.25, 0.3) is 11.5 Å². The summed E-state index contributed by atoms with van der Waals surface area (Å²) < 4.78 is 5.32. The SMILES string of the molecule is CCCC(Cc1noc(-c2ccncc2)n1)NC(C)C.